The third-order valence-corrected chi connectivity index (χ3v) is 10.3. The van der Waals surface area contributed by atoms with Gasteiger partial charge in [-0.25, -0.2) is 0 Å². The van der Waals surface area contributed by atoms with Gasteiger partial charge in [0.25, 0.3) is 0 Å². The molecule has 0 N–H and O–H groups in total. The number of aromatic nitrogens is 1. The van der Waals surface area contributed by atoms with Gasteiger partial charge in [-0.15, -0.1) is 0 Å². The molecule has 3 nitrogen and oxygen atoms in total. The van der Waals surface area contributed by atoms with E-state index in [1.54, 1.807) is 6.26 Å². The van der Waals surface area contributed by atoms with Crippen molar-refractivity contribution in [3.05, 3.63) is 164 Å². The van der Waals surface area contributed by atoms with Gasteiger partial charge in [0.15, 0.2) is 0 Å². The number of para-hydroxylation sites is 2. The van der Waals surface area contributed by atoms with E-state index in [4.69, 9.17) is 8.83 Å². The number of hydrogen-bond acceptors (Lipinski definition) is 2. The predicted molar refractivity (Wildman–Crippen MR) is 204 cm³/mol. The molecular weight excluding hydrogens is 599 g/mol. The molecule has 0 unspecified atom stereocenters. The van der Waals surface area contributed by atoms with Crippen molar-refractivity contribution in [2.45, 2.75) is 0 Å². The summed E-state index contributed by atoms with van der Waals surface area (Å²) in [4.78, 5) is 0. The normalized spacial score (nSPS) is 12.1. The van der Waals surface area contributed by atoms with Crippen LogP contribution in [0.4, 0.5) is 0 Å². The molecule has 49 heavy (non-hydrogen) atoms. The van der Waals surface area contributed by atoms with Crippen LogP contribution >= 0.6 is 0 Å². The molecule has 0 fully saturated rings. The summed E-state index contributed by atoms with van der Waals surface area (Å²) in [5, 5.41) is 10.6. The highest BCUT2D eigenvalue weighted by Gasteiger charge is 2.20. The van der Waals surface area contributed by atoms with Gasteiger partial charge in [0.05, 0.1) is 22.7 Å². The molecule has 0 bridgehead atoms. The molecule has 0 aliphatic carbocycles. The highest BCUT2D eigenvalue weighted by molar-refractivity contribution is 6.23. The van der Waals surface area contributed by atoms with E-state index in [1.807, 2.05) is 12.1 Å². The van der Waals surface area contributed by atoms with E-state index >= 15 is 0 Å². The van der Waals surface area contributed by atoms with Gasteiger partial charge in [-0.05, 0) is 98.4 Å². The number of hydrogen-bond donors (Lipinski definition) is 0. The van der Waals surface area contributed by atoms with Gasteiger partial charge >= 0.3 is 0 Å². The monoisotopic (exact) mass is 625 g/mol. The van der Waals surface area contributed by atoms with Crippen LogP contribution in [0.5, 0.6) is 0 Å². The van der Waals surface area contributed by atoms with E-state index in [-0.39, 0.29) is 0 Å². The molecule has 0 spiro atoms. The van der Waals surface area contributed by atoms with Crippen molar-refractivity contribution in [2.75, 3.05) is 0 Å². The number of rotatable bonds is 3. The molecule has 0 aliphatic heterocycles. The van der Waals surface area contributed by atoms with Crippen LogP contribution in [0.15, 0.2) is 173 Å². The fraction of sp³-hybridized carbons (Fsp3) is 0. The Labute approximate surface area is 280 Å². The largest absolute Gasteiger partial charge is 0.464 e. The summed E-state index contributed by atoms with van der Waals surface area (Å²) in [7, 11) is 0. The van der Waals surface area contributed by atoms with Crippen LogP contribution in [0, 0.1) is 0 Å². The van der Waals surface area contributed by atoms with Crippen molar-refractivity contribution in [2.24, 2.45) is 0 Å². The van der Waals surface area contributed by atoms with Gasteiger partial charge in [-0.2, -0.15) is 0 Å². The zero-order chi connectivity index (χ0) is 32.1. The Bertz CT molecular complexity index is 3050. The first kappa shape index (κ1) is 26.5. The first-order valence-electron chi connectivity index (χ1n) is 16.7. The van der Waals surface area contributed by atoms with Crippen molar-refractivity contribution in [1.29, 1.82) is 0 Å². The van der Waals surface area contributed by atoms with Gasteiger partial charge in [-0.3, -0.25) is 0 Å². The van der Waals surface area contributed by atoms with Crippen LogP contribution in [0.2, 0.25) is 0 Å². The third-order valence-electron chi connectivity index (χ3n) is 10.3. The Hall–Kier alpha value is -6.58. The van der Waals surface area contributed by atoms with Gasteiger partial charge in [0, 0.05) is 27.2 Å². The van der Waals surface area contributed by atoms with E-state index in [0.29, 0.717) is 0 Å². The fourth-order valence-corrected chi connectivity index (χ4v) is 8.17. The van der Waals surface area contributed by atoms with Crippen LogP contribution in [-0.4, -0.2) is 4.57 Å². The minimum atomic E-state index is 0.835. The topological polar surface area (TPSA) is 31.2 Å². The predicted octanol–water partition coefficient (Wildman–Crippen LogP) is 13.1. The lowest BCUT2D eigenvalue weighted by Crippen LogP contribution is -1.94. The average molecular weight is 626 g/mol. The molecule has 228 valence electrons. The molecule has 0 amide bonds. The molecule has 0 saturated carbocycles. The average Bonchev–Trinajstić information content (AvgIpc) is 3.87. The summed E-state index contributed by atoms with van der Waals surface area (Å²) in [5.74, 6) is 0. The van der Waals surface area contributed by atoms with Gasteiger partial charge in [0.2, 0.25) is 0 Å². The molecule has 11 rings (SSSR count). The Kier molecular flexibility index (Phi) is 5.38. The van der Waals surface area contributed by atoms with Crippen molar-refractivity contribution in [3.63, 3.8) is 0 Å². The maximum atomic E-state index is 6.40. The van der Waals surface area contributed by atoms with E-state index in [9.17, 15) is 0 Å². The lowest BCUT2D eigenvalue weighted by atomic mass is 9.85. The smallest absolute Gasteiger partial charge is 0.146 e. The molecule has 0 atom stereocenters. The maximum Gasteiger partial charge on any atom is 0.146 e. The Balaban J connectivity index is 1.20. The highest BCUT2D eigenvalue weighted by Crippen LogP contribution is 2.46. The Morgan fingerprint density at radius 3 is 1.67 bits per heavy atom. The Morgan fingerprint density at radius 1 is 0.367 bits per heavy atom. The van der Waals surface area contributed by atoms with E-state index in [1.165, 1.54) is 65.6 Å². The van der Waals surface area contributed by atoms with Crippen molar-refractivity contribution in [3.8, 4) is 27.9 Å². The SMILES string of the molecule is c1ccc(-n2c3ccccc3c3ccc(-c4c5ccccc5c(-c5ccc6oc7c8ccoc8ccc7c6c5)c5ccccc45)cc32)cc1. The standard InChI is InChI=1S/C46H27NO2/c1-2-10-30(11-3-1)47-40-17-9-8-12-31(40)32-20-18-29(27-41(32)47)45-35-15-6-4-13-33(35)44(34-14-5-7-16-36(34)45)28-19-22-43-39(26-28)37-21-23-42-38(24-25-48-42)46(37)49-43/h1-27H. The minimum absolute atomic E-state index is 0.835. The van der Waals surface area contributed by atoms with Crippen molar-refractivity contribution >= 4 is 76.3 Å². The quantitative estimate of drug-likeness (QED) is 0.183. The zero-order valence-corrected chi connectivity index (χ0v) is 26.4. The van der Waals surface area contributed by atoms with Crippen molar-refractivity contribution in [1.82, 2.24) is 4.57 Å². The maximum absolute atomic E-state index is 6.40. The highest BCUT2D eigenvalue weighted by atomic mass is 16.3. The van der Waals surface area contributed by atoms with Gasteiger partial charge < -0.3 is 13.4 Å². The molecule has 0 radical (unpaired) electrons. The van der Waals surface area contributed by atoms with E-state index in [0.717, 1.165) is 38.6 Å². The zero-order valence-electron chi connectivity index (χ0n) is 26.4. The minimum Gasteiger partial charge on any atom is -0.464 e. The van der Waals surface area contributed by atoms with Crippen LogP contribution < -0.4 is 0 Å². The van der Waals surface area contributed by atoms with Gasteiger partial charge in [-0.1, -0.05) is 103 Å². The summed E-state index contributed by atoms with van der Waals surface area (Å²) < 4.78 is 14.5. The van der Waals surface area contributed by atoms with E-state index in [2.05, 4.69) is 150 Å². The number of benzene rings is 8. The molecule has 11 aromatic rings. The molecular formula is C46H27NO2. The number of nitrogens with zero attached hydrogens (tertiary/aromatic N) is 1. The number of fused-ring (bicyclic) bond motifs is 10. The third kappa shape index (κ3) is 3.73. The van der Waals surface area contributed by atoms with Crippen molar-refractivity contribution < 1.29 is 8.83 Å². The molecule has 3 heteroatoms. The number of furan rings is 2. The van der Waals surface area contributed by atoms with Crippen LogP contribution in [0.3, 0.4) is 0 Å². The summed E-state index contributed by atoms with van der Waals surface area (Å²) >= 11 is 0. The fourth-order valence-electron chi connectivity index (χ4n) is 8.17. The summed E-state index contributed by atoms with van der Waals surface area (Å²) in [6.45, 7) is 0. The first-order chi connectivity index (χ1) is 24.3. The Morgan fingerprint density at radius 2 is 0.939 bits per heavy atom. The summed E-state index contributed by atoms with van der Waals surface area (Å²) in [5.41, 5.74) is 11.0. The van der Waals surface area contributed by atoms with E-state index < -0.39 is 0 Å². The second kappa shape index (κ2) is 9.96. The second-order valence-corrected chi connectivity index (χ2v) is 12.8. The second-order valence-electron chi connectivity index (χ2n) is 12.8. The molecule has 3 aromatic heterocycles. The lowest BCUT2D eigenvalue weighted by molar-refractivity contribution is 0.615. The lowest BCUT2D eigenvalue weighted by Gasteiger charge is -2.18. The van der Waals surface area contributed by atoms with Crippen LogP contribution in [0.25, 0.3) is 104 Å². The molecule has 0 saturated heterocycles. The first-order valence-corrected chi connectivity index (χ1v) is 16.7. The van der Waals surface area contributed by atoms with Crippen LogP contribution in [0.1, 0.15) is 0 Å². The summed E-state index contributed by atoms with van der Waals surface area (Å²) in [6.07, 6.45) is 1.72. The van der Waals surface area contributed by atoms with Gasteiger partial charge in [0.1, 0.15) is 16.7 Å². The molecule has 8 aromatic carbocycles. The molecule has 3 heterocycles. The van der Waals surface area contributed by atoms with Crippen LogP contribution in [-0.2, 0) is 0 Å². The molecule has 0 aliphatic rings. The summed E-state index contributed by atoms with van der Waals surface area (Å²) in [6, 6.07) is 56.9.